The molecule has 0 unspecified atom stereocenters. The lowest BCUT2D eigenvalue weighted by atomic mass is 10.2. The first-order valence-electron chi connectivity index (χ1n) is 9.57. The van der Waals surface area contributed by atoms with Crippen LogP contribution in [-0.4, -0.2) is 0 Å². The second kappa shape index (κ2) is 9.10. The summed E-state index contributed by atoms with van der Waals surface area (Å²) in [5.41, 5.74) is 1.46. The zero-order valence-corrected chi connectivity index (χ0v) is 18.5. The molecule has 0 heterocycles. The van der Waals surface area contributed by atoms with E-state index in [2.05, 4.69) is 5.32 Å². The molecule has 2 nitrogen and oxygen atoms in total. The van der Waals surface area contributed by atoms with Crippen molar-refractivity contribution in [2.75, 3.05) is 5.32 Å². The summed E-state index contributed by atoms with van der Waals surface area (Å²) < 4.78 is 15.0. The number of rotatable bonds is 6. The smallest absolute Gasteiger partial charge is 0.168 e. The summed E-state index contributed by atoms with van der Waals surface area (Å²) >= 11 is 13.1. The maximum Gasteiger partial charge on any atom is 0.168 e. The predicted octanol–water partition coefficient (Wildman–Crippen LogP) is 7.12. The largest absolute Gasteiger partial charge is 0.370 e. The molecule has 0 fully saturated rings. The molecular weight excluding hydrogens is 432 g/mol. The first-order valence-corrected chi connectivity index (χ1v) is 12.1. The van der Waals surface area contributed by atoms with Gasteiger partial charge < -0.3 is 9.88 Å². The second-order valence-electron chi connectivity index (χ2n) is 6.88. The topological polar surface area (TPSA) is 29.1 Å². The average Bonchev–Trinajstić information content (AvgIpc) is 2.80. The van der Waals surface area contributed by atoms with Crippen LogP contribution in [0.4, 0.5) is 5.69 Å². The standard InChI is InChI=1S/C25H20Cl2NOP/c26-22-16-8-7-15-21(22)25(28-24-18-10-9-17-23(24)27)30(29,19-11-3-1-4-12-19)20-13-5-2-6-14-20/h1-18,25,28H/t25-/m0/s1. The molecule has 5 heteroatoms. The monoisotopic (exact) mass is 451 g/mol. The Morgan fingerprint density at radius 3 is 1.60 bits per heavy atom. The lowest BCUT2D eigenvalue weighted by Gasteiger charge is -2.31. The number of hydrogen-bond acceptors (Lipinski definition) is 2. The molecule has 0 aliphatic heterocycles. The van der Waals surface area contributed by atoms with E-state index in [9.17, 15) is 0 Å². The highest BCUT2D eigenvalue weighted by Crippen LogP contribution is 2.58. The molecule has 4 aromatic rings. The van der Waals surface area contributed by atoms with Crippen molar-refractivity contribution in [3.8, 4) is 0 Å². The van der Waals surface area contributed by atoms with Crippen molar-refractivity contribution in [1.82, 2.24) is 0 Å². The van der Waals surface area contributed by atoms with Gasteiger partial charge in [0.1, 0.15) is 5.78 Å². The van der Waals surface area contributed by atoms with Gasteiger partial charge in [-0.3, -0.25) is 0 Å². The highest BCUT2D eigenvalue weighted by atomic mass is 35.5. The van der Waals surface area contributed by atoms with Gasteiger partial charge in [0.05, 0.1) is 10.7 Å². The minimum atomic E-state index is -3.22. The molecule has 0 aromatic heterocycles. The van der Waals surface area contributed by atoms with E-state index in [4.69, 9.17) is 23.2 Å². The van der Waals surface area contributed by atoms with Crippen LogP contribution >= 0.6 is 30.3 Å². The molecule has 0 radical (unpaired) electrons. The Hall–Kier alpha value is -2.51. The minimum absolute atomic E-state index is 0.550. The lowest BCUT2D eigenvalue weighted by Crippen LogP contribution is -2.26. The van der Waals surface area contributed by atoms with Crippen molar-refractivity contribution in [2.24, 2.45) is 0 Å². The SMILES string of the molecule is O=P(c1ccccc1)(c1ccccc1)[C@H](Nc1ccccc1Cl)c1ccccc1Cl. The summed E-state index contributed by atoms with van der Waals surface area (Å²) in [6.45, 7) is 0. The Kier molecular flexibility index (Phi) is 6.29. The van der Waals surface area contributed by atoms with Crippen LogP contribution in [-0.2, 0) is 4.57 Å². The third-order valence-corrected chi connectivity index (χ3v) is 8.95. The molecular formula is C25H20Cl2NOP. The van der Waals surface area contributed by atoms with Crippen LogP contribution in [0.2, 0.25) is 10.0 Å². The van der Waals surface area contributed by atoms with Gasteiger partial charge in [-0.2, -0.15) is 0 Å². The number of nitrogens with one attached hydrogen (secondary N) is 1. The third kappa shape index (κ3) is 4.04. The molecule has 0 saturated carbocycles. The lowest BCUT2D eigenvalue weighted by molar-refractivity contribution is 0.581. The quantitative estimate of drug-likeness (QED) is 0.316. The van der Waals surface area contributed by atoms with Gasteiger partial charge in [0.2, 0.25) is 0 Å². The molecule has 0 saturated heterocycles. The summed E-state index contributed by atoms with van der Waals surface area (Å²) in [5, 5.41) is 6.07. The van der Waals surface area contributed by atoms with Crippen molar-refractivity contribution in [3.05, 3.63) is 125 Å². The summed E-state index contributed by atoms with van der Waals surface area (Å²) in [6.07, 6.45) is 0. The summed E-state index contributed by atoms with van der Waals surface area (Å²) in [7, 11) is -3.22. The van der Waals surface area contributed by atoms with Crippen molar-refractivity contribution < 1.29 is 4.57 Å². The van der Waals surface area contributed by atoms with Gasteiger partial charge in [0, 0.05) is 21.2 Å². The van der Waals surface area contributed by atoms with Crippen molar-refractivity contribution in [1.29, 1.82) is 0 Å². The first kappa shape index (κ1) is 20.8. The molecule has 1 atom stereocenters. The average molecular weight is 452 g/mol. The maximum absolute atomic E-state index is 15.0. The zero-order chi connectivity index (χ0) is 21.0. The second-order valence-corrected chi connectivity index (χ2v) is 10.6. The van der Waals surface area contributed by atoms with E-state index in [0.29, 0.717) is 15.7 Å². The highest BCUT2D eigenvalue weighted by Gasteiger charge is 2.39. The molecule has 0 aliphatic rings. The van der Waals surface area contributed by atoms with Gasteiger partial charge in [-0.15, -0.1) is 0 Å². The number of benzene rings is 4. The minimum Gasteiger partial charge on any atom is -0.370 e. The Morgan fingerprint density at radius 2 is 1.07 bits per heavy atom. The number of hydrogen-bond donors (Lipinski definition) is 1. The zero-order valence-electron chi connectivity index (χ0n) is 16.1. The van der Waals surface area contributed by atoms with E-state index in [1.807, 2.05) is 109 Å². The van der Waals surface area contributed by atoms with Gasteiger partial charge >= 0.3 is 0 Å². The van der Waals surface area contributed by atoms with Crippen LogP contribution < -0.4 is 15.9 Å². The molecule has 1 N–H and O–H groups in total. The van der Waals surface area contributed by atoms with Crippen LogP contribution in [0.3, 0.4) is 0 Å². The van der Waals surface area contributed by atoms with E-state index >= 15 is 4.57 Å². The fourth-order valence-corrected chi connectivity index (χ4v) is 7.11. The molecule has 0 spiro atoms. The van der Waals surface area contributed by atoms with Crippen LogP contribution in [0.1, 0.15) is 11.3 Å². The maximum atomic E-state index is 15.0. The Labute approximate surface area is 186 Å². The Morgan fingerprint density at radius 1 is 0.600 bits per heavy atom. The van der Waals surface area contributed by atoms with Crippen molar-refractivity contribution >= 4 is 46.6 Å². The van der Waals surface area contributed by atoms with E-state index in [-0.39, 0.29) is 0 Å². The van der Waals surface area contributed by atoms with E-state index in [1.165, 1.54) is 0 Å². The number of anilines is 1. The molecule has 0 bridgehead atoms. The Bertz CT molecular complexity index is 1140. The Balaban J connectivity index is 1.98. The van der Waals surface area contributed by atoms with Crippen LogP contribution in [0.5, 0.6) is 0 Å². The molecule has 30 heavy (non-hydrogen) atoms. The predicted molar refractivity (Wildman–Crippen MR) is 129 cm³/mol. The normalized spacial score (nSPS) is 12.3. The fraction of sp³-hybridized carbons (Fsp3) is 0.0400. The summed E-state index contributed by atoms with van der Waals surface area (Å²) in [5.74, 6) is -0.601. The molecule has 4 rings (SSSR count). The van der Waals surface area contributed by atoms with Gasteiger partial charge in [0.15, 0.2) is 7.14 Å². The van der Waals surface area contributed by atoms with Crippen LogP contribution in [0.15, 0.2) is 109 Å². The van der Waals surface area contributed by atoms with E-state index in [0.717, 1.165) is 16.2 Å². The van der Waals surface area contributed by atoms with Crippen molar-refractivity contribution in [2.45, 2.75) is 5.78 Å². The highest BCUT2D eigenvalue weighted by molar-refractivity contribution is 7.79. The third-order valence-electron chi connectivity index (χ3n) is 5.01. The van der Waals surface area contributed by atoms with Gasteiger partial charge in [-0.25, -0.2) is 0 Å². The summed E-state index contributed by atoms with van der Waals surface area (Å²) in [6, 6.07) is 34.1. The summed E-state index contributed by atoms with van der Waals surface area (Å²) in [4.78, 5) is 0. The van der Waals surface area contributed by atoms with Crippen molar-refractivity contribution in [3.63, 3.8) is 0 Å². The van der Waals surface area contributed by atoms with Crippen LogP contribution in [0.25, 0.3) is 0 Å². The molecule has 0 aliphatic carbocycles. The van der Waals surface area contributed by atoms with Gasteiger partial charge in [0.25, 0.3) is 0 Å². The number of para-hydroxylation sites is 1. The van der Waals surface area contributed by atoms with Gasteiger partial charge in [-0.05, 0) is 18.2 Å². The number of halogens is 2. The van der Waals surface area contributed by atoms with E-state index < -0.39 is 12.9 Å². The van der Waals surface area contributed by atoms with E-state index in [1.54, 1.807) is 0 Å². The molecule has 150 valence electrons. The molecule has 0 amide bonds. The van der Waals surface area contributed by atoms with Crippen LogP contribution in [0, 0.1) is 0 Å². The molecule has 4 aromatic carbocycles. The fourth-order valence-electron chi connectivity index (χ4n) is 3.53. The van der Waals surface area contributed by atoms with Gasteiger partial charge in [-0.1, -0.05) is 114 Å². The first-order chi connectivity index (χ1) is 14.6.